The van der Waals surface area contributed by atoms with Crippen molar-refractivity contribution in [2.45, 2.75) is 32.7 Å². The molecular weight excluding hydrogens is 308 g/mol. The Kier molecular flexibility index (Phi) is 4.54. The zero-order chi connectivity index (χ0) is 17.1. The molecular formula is C16H20N6O2. The molecule has 2 aromatic heterocycles. The lowest BCUT2D eigenvalue weighted by Gasteiger charge is -2.21. The van der Waals surface area contributed by atoms with Gasteiger partial charge in [0.2, 0.25) is 0 Å². The minimum atomic E-state index is -1.07. The van der Waals surface area contributed by atoms with Gasteiger partial charge in [-0.15, -0.1) is 5.10 Å². The summed E-state index contributed by atoms with van der Waals surface area (Å²) in [5.41, 5.74) is 2.05. The van der Waals surface area contributed by atoms with E-state index in [0.29, 0.717) is 5.82 Å². The molecule has 0 saturated carbocycles. The van der Waals surface area contributed by atoms with E-state index in [-0.39, 0.29) is 11.7 Å². The van der Waals surface area contributed by atoms with Gasteiger partial charge < -0.3 is 10.0 Å². The third kappa shape index (κ3) is 3.42. The summed E-state index contributed by atoms with van der Waals surface area (Å²) < 4.78 is 1.86. The Balaban J connectivity index is 1.69. The Morgan fingerprint density at radius 1 is 1.25 bits per heavy atom. The molecule has 1 aliphatic rings. The molecule has 0 spiro atoms. The van der Waals surface area contributed by atoms with Crippen molar-refractivity contribution in [2.24, 2.45) is 0 Å². The zero-order valence-corrected chi connectivity index (χ0v) is 13.8. The first-order chi connectivity index (χ1) is 11.5. The van der Waals surface area contributed by atoms with Crippen LogP contribution in [-0.4, -0.2) is 49.1 Å². The van der Waals surface area contributed by atoms with Crippen LogP contribution in [0.25, 0.3) is 5.57 Å². The molecule has 0 aromatic carbocycles. The third-order valence-electron chi connectivity index (χ3n) is 3.99. The van der Waals surface area contributed by atoms with E-state index in [9.17, 15) is 4.79 Å². The van der Waals surface area contributed by atoms with Crippen molar-refractivity contribution in [3.05, 3.63) is 36.1 Å². The number of carboxylic acids is 1. The summed E-state index contributed by atoms with van der Waals surface area (Å²) in [6.45, 7) is 5.73. The molecule has 0 fully saturated rings. The van der Waals surface area contributed by atoms with Crippen molar-refractivity contribution in [2.75, 3.05) is 18.0 Å². The van der Waals surface area contributed by atoms with Gasteiger partial charge in [-0.05, 0) is 32.3 Å². The van der Waals surface area contributed by atoms with E-state index in [0.717, 1.165) is 31.6 Å². The van der Waals surface area contributed by atoms with E-state index >= 15 is 0 Å². The molecule has 2 aromatic rings. The first-order valence-corrected chi connectivity index (χ1v) is 7.96. The van der Waals surface area contributed by atoms with Crippen LogP contribution in [0.5, 0.6) is 0 Å². The van der Waals surface area contributed by atoms with Gasteiger partial charge in [0.25, 0.3) is 0 Å². The van der Waals surface area contributed by atoms with Crippen LogP contribution in [0.4, 0.5) is 5.82 Å². The quantitative estimate of drug-likeness (QED) is 0.917. The summed E-state index contributed by atoms with van der Waals surface area (Å²) in [5, 5.41) is 17.3. The number of aromatic carboxylic acids is 1. The highest BCUT2D eigenvalue weighted by Crippen LogP contribution is 2.23. The minimum Gasteiger partial charge on any atom is -0.476 e. The Hall–Kier alpha value is -2.77. The summed E-state index contributed by atoms with van der Waals surface area (Å²) in [6, 6.07) is 0.289. The first kappa shape index (κ1) is 16.1. The van der Waals surface area contributed by atoms with Crippen molar-refractivity contribution >= 4 is 17.4 Å². The van der Waals surface area contributed by atoms with E-state index < -0.39 is 5.97 Å². The highest BCUT2D eigenvalue weighted by atomic mass is 16.4. The van der Waals surface area contributed by atoms with Crippen molar-refractivity contribution in [1.82, 2.24) is 25.0 Å². The van der Waals surface area contributed by atoms with Crippen LogP contribution in [0.1, 0.15) is 48.9 Å². The number of hydrogen-bond acceptors (Lipinski definition) is 6. The highest BCUT2D eigenvalue weighted by molar-refractivity contribution is 5.84. The van der Waals surface area contributed by atoms with E-state index in [2.05, 4.69) is 45.1 Å². The molecule has 8 heteroatoms. The van der Waals surface area contributed by atoms with Gasteiger partial charge in [-0.1, -0.05) is 11.3 Å². The van der Waals surface area contributed by atoms with Gasteiger partial charge in [-0.3, -0.25) is 0 Å². The van der Waals surface area contributed by atoms with Gasteiger partial charge in [0.05, 0.1) is 18.6 Å². The van der Waals surface area contributed by atoms with E-state index in [4.69, 9.17) is 5.11 Å². The van der Waals surface area contributed by atoms with Gasteiger partial charge in [-0.2, -0.15) is 0 Å². The largest absolute Gasteiger partial charge is 0.476 e. The summed E-state index contributed by atoms with van der Waals surface area (Å²) in [5.74, 6) is -0.373. The SMILES string of the molecule is CC(C)n1cc(C2=CCCN(c3cnc(C(=O)O)cn3)CC2)nn1. The number of hydrogen-bond donors (Lipinski definition) is 1. The molecule has 0 atom stereocenters. The number of nitrogens with zero attached hydrogens (tertiary/aromatic N) is 6. The second kappa shape index (κ2) is 6.77. The average molecular weight is 328 g/mol. The van der Waals surface area contributed by atoms with Crippen LogP contribution in [0.2, 0.25) is 0 Å². The molecule has 0 aliphatic carbocycles. The maximum absolute atomic E-state index is 10.9. The molecule has 0 radical (unpaired) electrons. The Morgan fingerprint density at radius 3 is 2.71 bits per heavy atom. The summed E-state index contributed by atoms with van der Waals surface area (Å²) in [7, 11) is 0. The molecule has 3 rings (SSSR count). The first-order valence-electron chi connectivity index (χ1n) is 7.96. The normalized spacial score (nSPS) is 15.3. The lowest BCUT2D eigenvalue weighted by molar-refractivity contribution is 0.0690. The van der Waals surface area contributed by atoms with Gasteiger partial charge in [0.1, 0.15) is 11.5 Å². The van der Waals surface area contributed by atoms with Crippen LogP contribution in [-0.2, 0) is 0 Å². The van der Waals surface area contributed by atoms with Crippen LogP contribution in [0.15, 0.2) is 24.7 Å². The van der Waals surface area contributed by atoms with E-state index in [1.54, 1.807) is 0 Å². The number of rotatable bonds is 4. The van der Waals surface area contributed by atoms with Gasteiger partial charge >= 0.3 is 5.97 Å². The lowest BCUT2D eigenvalue weighted by atomic mass is 10.1. The Morgan fingerprint density at radius 2 is 2.08 bits per heavy atom. The molecule has 3 heterocycles. The minimum absolute atomic E-state index is 0.0438. The lowest BCUT2D eigenvalue weighted by Crippen LogP contribution is -2.25. The summed E-state index contributed by atoms with van der Waals surface area (Å²) in [4.78, 5) is 21.1. The average Bonchev–Trinajstić information content (AvgIpc) is 2.94. The van der Waals surface area contributed by atoms with Gasteiger partial charge in [0.15, 0.2) is 5.69 Å². The number of anilines is 1. The molecule has 0 unspecified atom stereocenters. The molecule has 126 valence electrons. The second-order valence-electron chi connectivity index (χ2n) is 6.00. The third-order valence-corrected chi connectivity index (χ3v) is 3.99. The maximum atomic E-state index is 10.9. The Bertz CT molecular complexity index is 750. The molecule has 1 N–H and O–H groups in total. The molecule has 24 heavy (non-hydrogen) atoms. The standard InChI is InChI=1S/C16H20N6O2/c1-11(2)22-10-14(19-20-22)12-4-3-6-21(7-5-12)15-9-17-13(8-18-15)16(23)24/h4,8-11H,3,5-7H2,1-2H3,(H,23,24). The predicted octanol–water partition coefficient (Wildman–Crippen LogP) is 2.03. The predicted molar refractivity (Wildman–Crippen MR) is 88.8 cm³/mol. The molecule has 0 bridgehead atoms. The van der Waals surface area contributed by atoms with Crippen molar-refractivity contribution in [1.29, 1.82) is 0 Å². The van der Waals surface area contributed by atoms with Crippen LogP contribution in [0, 0.1) is 0 Å². The topological polar surface area (TPSA) is 97.0 Å². The zero-order valence-electron chi connectivity index (χ0n) is 13.8. The van der Waals surface area contributed by atoms with Crippen LogP contribution >= 0.6 is 0 Å². The molecule has 8 nitrogen and oxygen atoms in total. The van der Waals surface area contributed by atoms with Crippen LogP contribution < -0.4 is 4.90 Å². The fourth-order valence-electron chi connectivity index (χ4n) is 2.60. The maximum Gasteiger partial charge on any atom is 0.356 e. The van der Waals surface area contributed by atoms with Gasteiger partial charge in [-0.25, -0.2) is 19.4 Å². The van der Waals surface area contributed by atoms with Crippen molar-refractivity contribution in [3.63, 3.8) is 0 Å². The van der Waals surface area contributed by atoms with E-state index in [1.165, 1.54) is 18.0 Å². The van der Waals surface area contributed by atoms with Crippen LogP contribution in [0.3, 0.4) is 0 Å². The number of carboxylic acid groups (broad SMARTS) is 1. The fraction of sp³-hybridized carbons (Fsp3) is 0.438. The fourth-order valence-corrected chi connectivity index (χ4v) is 2.60. The summed E-state index contributed by atoms with van der Waals surface area (Å²) in [6.07, 6.45) is 8.68. The number of aromatic nitrogens is 5. The summed E-state index contributed by atoms with van der Waals surface area (Å²) >= 11 is 0. The molecule has 0 amide bonds. The molecule has 0 saturated heterocycles. The second-order valence-corrected chi connectivity index (χ2v) is 6.00. The van der Waals surface area contributed by atoms with Crippen molar-refractivity contribution in [3.8, 4) is 0 Å². The van der Waals surface area contributed by atoms with Crippen molar-refractivity contribution < 1.29 is 9.90 Å². The smallest absolute Gasteiger partial charge is 0.356 e. The van der Waals surface area contributed by atoms with E-state index in [1.807, 2.05) is 10.9 Å². The number of carbonyl (C=O) groups is 1. The Labute approximate surface area is 139 Å². The molecule has 1 aliphatic heterocycles. The highest BCUT2D eigenvalue weighted by Gasteiger charge is 2.16. The monoisotopic (exact) mass is 328 g/mol. The van der Waals surface area contributed by atoms with Gasteiger partial charge in [0, 0.05) is 19.1 Å².